The molecule has 0 aliphatic rings. The third-order valence-electron chi connectivity index (χ3n) is 2.15. The molecule has 1 atom stereocenters. The predicted molar refractivity (Wildman–Crippen MR) is 66.1 cm³/mol. The van der Waals surface area contributed by atoms with E-state index in [1.807, 2.05) is 13.8 Å². The summed E-state index contributed by atoms with van der Waals surface area (Å²) in [6, 6.07) is -1.58. The normalized spacial score (nSPS) is 11.8. The molecule has 0 bridgehead atoms. The number of likely N-dealkylation sites (N-methyl/N-ethyl adjacent to an activating group) is 1. The zero-order valence-corrected chi connectivity index (χ0v) is 11.2. The van der Waals surface area contributed by atoms with Gasteiger partial charge in [0.15, 0.2) is 0 Å². The van der Waals surface area contributed by atoms with Crippen molar-refractivity contribution in [2.45, 2.75) is 26.8 Å². The maximum atomic E-state index is 11.5. The first-order chi connectivity index (χ1) is 8.23. The molecule has 0 aliphatic heterocycles. The second-order valence-electron chi connectivity index (χ2n) is 4.56. The lowest BCUT2D eigenvalue weighted by Crippen LogP contribution is -2.48. The molecule has 0 fully saturated rings. The summed E-state index contributed by atoms with van der Waals surface area (Å²) < 4.78 is 0. The van der Waals surface area contributed by atoms with Crippen molar-refractivity contribution >= 4 is 17.9 Å². The highest BCUT2D eigenvalue weighted by atomic mass is 16.4. The molecular weight excluding hydrogens is 238 g/mol. The number of urea groups is 1. The zero-order chi connectivity index (χ0) is 14.3. The first-order valence-corrected chi connectivity index (χ1v) is 5.75. The van der Waals surface area contributed by atoms with Gasteiger partial charge in [-0.15, -0.1) is 0 Å². The minimum Gasteiger partial charge on any atom is -0.480 e. The van der Waals surface area contributed by atoms with Gasteiger partial charge in [0, 0.05) is 13.6 Å². The highest BCUT2D eigenvalue weighted by molar-refractivity contribution is 5.86. The predicted octanol–water partition coefficient (Wildman–Crippen LogP) is -0.127. The van der Waals surface area contributed by atoms with Gasteiger partial charge in [0.25, 0.3) is 0 Å². The van der Waals surface area contributed by atoms with Crippen molar-refractivity contribution in [1.29, 1.82) is 0 Å². The van der Waals surface area contributed by atoms with Crippen LogP contribution in [0, 0.1) is 5.92 Å². The minimum absolute atomic E-state index is 0.106. The Morgan fingerprint density at radius 3 is 2.22 bits per heavy atom. The number of carboxylic acids is 1. The molecule has 18 heavy (non-hydrogen) atoms. The molecule has 3 N–H and O–H groups in total. The number of nitrogens with zero attached hydrogens (tertiary/aromatic N) is 1. The summed E-state index contributed by atoms with van der Waals surface area (Å²) in [5, 5.41) is 13.6. The van der Waals surface area contributed by atoms with E-state index in [1.54, 1.807) is 0 Å². The van der Waals surface area contributed by atoms with E-state index in [-0.39, 0.29) is 12.5 Å². The fraction of sp³-hybridized carbons (Fsp3) is 0.727. The van der Waals surface area contributed by atoms with Gasteiger partial charge in [0.05, 0.1) is 0 Å². The Bertz CT molecular complexity index is 317. The maximum absolute atomic E-state index is 11.5. The number of hydrogen-bond donors (Lipinski definition) is 3. The Morgan fingerprint density at radius 2 is 1.78 bits per heavy atom. The molecule has 0 radical (unpaired) electrons. The smallest absolute Gasteiger partial charge is 0.325 e. The minimum atomic E-state index is -1.12. The van der Waals surface area contributed by atoms with Crippen LogP contribution in [0.5, 0.6) is 0 Å². The summed E-state index contributed by atoms with van der Waals surface area (Å²) >= 11 is 0. The topological polar surface area (TPSA) is 98.7 Å². The van der Waals surface area contributed by atoms with Crippen LogP contribution in [-0.2, 0) is 9.59 Å². The van der Waals surface area contributed by atoms with E-state index in [1.165, 1.54) is 14.0 Å². The molecular formula is C11H21N3O4. The van der Waals surface area contributed by atoms with Crippen molar-refractivity contribution < 1.29 is 19.5 Å². The zero-order valence-electron chi connectivity index (χ0n) is 11.2. The van der Waals surface area contributed by atoms with E-state index in [0.717, 1.165) is 4.90 Å². The van der Waals surface area contributed by atoms with Gasteiger partial charge in [-0.3, -0.25) is 9.59 Å². The van der Waals surface area contributed by atoms with Crippen molar-refractivity contribution in [1.82, 2.24) is 15.5 Å². The standard InChI is InChI=1S/C11H21N3O4/c1-7(2)5-12-9(15)6-14(4)11(18)13-8(3)10(16)17/h7-8H,5-6H2,1-4H3,(H,12,15)(H,13,18)(H,16,17). The molecule has 0 saturated heterocycles. The monoisotopic (exact) mass is 259 g/mol. The Kier molecular flexibility index (Phi) is 6.77. The van der Waals surface area contributed by atoms with Gasteiger partial charge in [-0.2, -0.15) is 0 Å². The Morgan fingerprint density at radius 1 is 1.22 bits per heavy atom. The second-order valence-corrected chi connectivity index (χ2v) is 4.56. The van der Waals surface area contributed by atoms with Crippen molar-refractivity contribution in [2.24, 2.45) is 5.92 Å². The molecule has 0 rings (SSSR count). The van der Waals surface area contributed by atoms with Gasteiger partial charge < -0.3 is 20.6 Å². The van der Waals surface area contributed by atoms with Crippen LogP contribution in [0.2, 0.25) is 0 Å². The number of amides is 3. The van der Waals surface area contributed by atoms with E-state index < -0.39 is 18.0 Å². The number of carboxylic acid groups (broad SMARTS) is 1. The number of carbonyl (C=O) groups excluding carboxylic acids is 2. The number of nitrogens with one attached hydrogen (secondary N) is 2. The summed E-state index contributed by atoms with van der Waals surface area (Å²) in [4.78, 5) is 34.6. The average molecular weight is 259 g/mol. The molecule has 0 heterocycles. The molecule has 104 valence electrons. The average Bonchev–Trinajstić information content (AvgIpc) is 2.25. The second kappa shape index (κ2) is 7.52. The number of carbonyl (C=O) groups is 3. The first-order valence-electron chi connectivity index (χ1n) is 5.75. The lowest BCUT2D eigenvalue weighted by Gasteiger charge is -2.19. The maximum Gasteiger partial charge on any atom is 0.325 e. The Hall–Kier alpha value is -1.79. The lowest BCUT2D eigenvalue weighted by atomic mass is 10.2. The largest absolute Gasteiger partial charge is 0.480 e. The number of aliphatic carboxylic acids is 1. The highest BCUT2D eigenvalue weighted by Crippen LogP contribution is 1.90. The van der Waals surface area contributed by atoms with Crippen LogP contribution in [0.15, 0.2) is 0 Å². The van der Waals surface area contributed by atoms with Crippen molar-refractivity contribution in [3.63, 3.8) is 0 Å². The van der Waals surface area contributed by atoms with Gasteiger partial charge in [0.2, 0.25) is 5.91 Å². The van der Waals surface area contributed by atoms with E-state index in [9.17, 15) is 14.4 Å². The van der Waals surface area contributed by atoms with E-state index in [2.05, 4.69) is 10.6 Å². The van der Waals surface area contributed by atoms with E-state index in [4.69, 9.17) is 5.11 Å². The quantitative estimate of drug-likeness (QED) is 0.619. The molecule has 0 aromatic carbocycles. The molecule has 3 amide bonds. The van der Waals surface area contributed by atoms with Crippen LogP contribution >= 0.6 is 0 Å². The van der Waals surface area contributed by atoms with Crippen LogP contribution in [0.25, 0.3) is 0 Å². The summed E-state index contributed by atoms with van der Waals surface area (Å²) in [7, 11) is 1.43. The third kappa shape index (κ3) is 6.72. The van der Waals surface area contributed by atoms with Gasteiger partial charge in [0.1, 0.15) is 12.6 Å². The summed E-state index contributed by atoms with van der Waals surface area (Å²) in [5.74, 6) is -1.06. The third-order valence-corrected chi connectivity index (χ3v) is 2.15. The Balaban J connectivity index is 4.08. The first kappa shape index (κ1) is 16.2. The van der Waals surface area contributed by atoms with Crippen LogP contribution in [-0.4, -0.2) is 54.1 Å². The molecule has 7 heteroatoms. The van der Waals surface area contributed by atoms with Gasteiger partial charge in [-0.1, -0.05) is 13.8 Å². The SMILES string of the molecule is CC(C)CNC(=O)CN(C)C(=O)NC(C)C(=O)O. The lowest BCUT2D eigenvalue weighted by molar-refractivity contribution is -0.138. The van der Waals surface area contributed by atoms with E-state index >= 15 is 0 Å². The van der Waals surface area contributed by atoms with Crippen molar-refractivity contribution in [3.05, 3.63) is 0 Å². The molecule has 0 spiro atoms. The van der Waals surface area contributed by atoms with Crippen molar-refractivity contribution in [2.75, 3.05) is 20.1 Å². The fourth-order valence-corrected chi connectivity index (χ4v) is 1.02. The molecule has 0 aromatic rings. The molecule has 0 saturated carbocycles. The summed E-state index contributed by atoms with van der Waals surface area (Å²) in [5.41, 5.74) is 0. The molecule has 0 aromatic heterocycles. The van der Waals surface area contributed by atoms with Crippen LogP contribution in [0.3, 0.4) is 0 Å². The van der Waals surface area contributed by atoms with Crippen LogP contribution in [0.4, 0.5) is 4.79 Å². The number of rotatable bonds is 6. The molecule has 0 aliphatic carbocycles. The molecule has 1 unspecified atom stereocenters. The Labute approximate surface area is 107 Å². The number of hydrogen-bond acceptors (Lipinski definition) is 3. The van der Waals surface area contributed by atoms with E-state index in [0.29, 0.717) is 12.5 Å². The van der Waals surface area contributed by atoms with Gasteiger partial charge >= 0.3 is 12.0 Å². The van der Waals surface area contributed by atoms with Crippen LogP contribution in [0.1, 0.15) is 20.8 Å². The highest BCUT2D eigenvalue weighted by Gasteiger charge is 2.18. The summed E-state index contributed by atoms with van der Waals surface area (Å²) in [6.45, 7) is 5.72. The summed E-state index contributed by atoms with van der Waals surface area (Å²) in [6.07, 6.45) is 0. The molecule has 7 nitrogen and oxygen atoms in total. The van der Waals surface area contributed by atoms with Gasteiger partial charge in [-0.25, -0.2) is 4.79 Å². The van der Waals surface area contributed by atoms with Gasteiger partial charge in [-0.05, 0) is 12.8 Å². The van der Waals surface area contributed by atoms with Crippen molar-refractivity contribution in [3.8, 4) is 0 Å². The fourth-order valence-electron chi connectivity index (χ4n) is 1.02. The van der Waals surface area contributed by atoms with Crippen LogP contribution < -0.4 is 10.6 Å².